The smallest absolute Gasteiger partial charge is 0.251 e. The van der Waals surface area contributed by atoms with Crippen molar-refractivity contribution < 1.29 is 9.59 Å². The average Bonchev–Trinajstić information content (AvgIpc) is 2.96. The number of piperidine rings is 1. The fraction of sp³-hybridized carbons (Fsp3) is 0.391. The van der Waals surface area contributed by atoms with Gasteiger partial charge in [-0.2, -0.15) is 0 Å². The van der Waals surface area contributed by atoms with E-state index in [-0.39, 0.29) is 24.4 Å². The van der Waals surface area contributed by atoms with Gasteiger partial charge >= 0.3 is 0 Å². The van der Waals surface area contributed by atoms with Crippen LogP contribution in [-0.2, 0) is 11.3 Å². The van der Waals surface area contributed by atoms with E-state index in [4.69, 9.17) is 34.8 Å². The molecule has 0 aliphatic carbocycles. The monoisotopic (exact) mass is 479 g/mol. The number of rotatable bonds is 6. The summed E-state index contributed by atoms with van der Waals surface area (Å²) in [5, 5.41) is 7.57. The van der Waals surface area contributed by atoms with Crippen molar-refractivity contribution in [3.05, 3.63) is 68.7 Å². The molecule has 2 aromatic carbocycles. The van der Waals surface area contributed by atoms with Gasteiger partial charge in [0.2, 0.25) is 5.91 Å². The Kier molecular flexibility index (Phi) is 7.07. The van der Waals surface area contributed by atoms with E-state index >= 15 is 0 Å². The van der Waals surface area contributed by atoms with Crippen molar-refractivity contribution in [2.45, 2.75) is 50.4 Å². The second-order valence-corrected chi connectivity index (χ2v) is 9.50. The minimum absolute atomic E-state index is 0.0543. The Labute approximate surface area is 197 Å². The third-order valence-corrected chi connectivity index (χ3v) is 6.94. The quantitative estimate of drug-likeness (QED) is 0.631. The van der Waals surface area contributed by atoms with E-state index in [9.17, 15) is 9.59 Å². The van der Waals surface area contributed by atoms with Crippen LogP contribution in [0.5, 0.6) is 0 Å². The fourth-order valence-electron chi connectivity index (χ4n) is 4.67. The topological polar surface area (TPSA) is 61.4 Å². The molecule has 0 spiro atoms. The zero-order valence-corrected chi connectivity index (χ0v) is 19.2. The molecule has 0 radical (unpaired) electrons. The Morgan fingerprint density at radius 1 is 0.968 bits per heavy atom. The molecule has 2 saturated heterocycles. The molecule has 2 aliphatic heterocycles. The van der Waals surface area contributed by atoms with Crippen LogP contribution in [0, 0.1) is 0 Å². The lowest BCUT2D eigenvalue weighted by Crippen LogP contribution is -2.51. The predicted molar refractivity (Wildman–Crippen MR) is 124 cm³/mol. The van der Waals surface area contributed by atoms with Crippen molar-refractivity contribution in [3.8, 4) is 0 Å². The van der Waals surface area contributed by atoms with Gasteiger partial charge in [0.1, 0.15) is 0 Å². The third-order valence-electron chi connectivity index (χ3n) is 6.11. The molecule has 8 heteroatoms. The summed E-state index contributed by atoms with van der Waals surface area (Å²) in [6.07, 6.45) is 4.03. The van der Waals surface area contributed by atoms with Crippen LogP contribution in [0.1, 0.15) is 41.6 Å². The van der Waals surface area contributed by atoms with E-state index < -0.39 is 0 Å². The minimum Gasteiger partial charge on any atom is -0.352 e. The van der Waals surface area contributed by atoms with Gasteiger partial charge in [0.15, 0.2) is 0 Å². The van der Waals surface area contributed by atoms with Gasteiger partial charge < -0.3 is 10.6 Å². The highest BCUT2D eigenvalue weighted by Crippen LogP contribution is 2.37. The van der Waals surface area contributed by atoms with Gasteiger partial charge in [0, 0.05) is 45.3 Å². The first-order valence-electron chi connectivity index (χ1n) is 10.4. The van der Waals surface area contributed by atoms with Crippen LogP contribution in [0.15, 0.2) is 42.5 Å². The van der Waals surface area contributed by atoms with Gasteiger partial charge in [-0.15, -0.1) is 0 Å². The first-order valence-corrected chi connectivity index (χ1v) is 11.5. The molecule has 2 heterocycles. The summed E-state index contributed by atoms with van der Waals surface area (Å²) >= 11 is 18.3. The number of fused-ring (bicyclic) bond motifs is 2. The molecule has 4 rings (SSSR count). The first kappa shape index (κ1) is 22.4. The number of benzene rings is 2. The van der Waals surface area contributed by atoms with Gasteiger partial charge in [0.25, 0.3) is 5.91 Å². The maximum Gasteiger partial charge on any atom is 0.251 e. The highest BCUT2D eigenvalue weighted by Gasteiger charge is 2.41. The van der Waals surface area contributed by atoms with E-state index in [0.29, 0.717) is 32.7 Å². The molecule has 0 saturated carbocycles. The van der Waals surface area contributed by atoms with Crippen molar-refractivity contribution >= 4 is 46.6 Å². The second-order valence-electron chi connectivity index (χ2n) is 8.22. The lowest BCUT2D eigenvalue weighted by Gasteiger charge is -2.39. The molecule has 2 fully saturated rings. The summed E-state index contributed by atoms with van der Waals surface area (Å²) in [6, 6.07) is 13.2. The number of hydrogen-bond donors (Lipinski definition) is 2. The fourth-order valence-corrected chi connectivity index (χ4v) is 5.33. The van der Waals surface area contributed by atoms with E-state index in [1.165, 1.54) is 0 Å². The second kappa shape index (κ2) is 9.78. The average molecular weight is 481 g/mol. The molecule has 0 aromatic heterocycles. The molecule has 2 aliphatic rings. The molecular weight excluding hydrogens is 457 g/mol. The molecule has 2 aromatic rings. The number of hydrogen-bond acceptors (Lipinski definition) is 3. The van der Waals surface area contributed by atoms with E-state index in [1.54, 1.807) is 30.3 Å². The maximum atomic E-state index is 12.4. The van der Waals surface area contributed by atoms with Gasteiger partial charge in [0.05, 0.1) is 6.54 Å². The highest BCUT2D eigenvalue weighted by molar-refractivity contribution is 6.35. The van der Waals surface area contributed by atoms with Crippen molar-refractivity contribution in [3.63, 3.8) is 0 Å². The Morgan fingerprint density at radius 2 is 1.68 bits per heavy atom. The van der Waals surface area contributed by atoms with Crippen molar-refractivity contribution in [2.75, 3.05) is 6.54 Å². The zero-order valence-electron chi connectivity index (χ0n) is 16.9. The van der Waals surface area contributed by atoms with Gasteiger partial charge in [-0.05, 0) is 61.6 Å². The predicted octanol–water partition coefficient (Wildman–Crippen LogP) is 4.69. The summed E-state index contributed by atoms with van der Waals surface area (Å²) in [7, 11) is 0. The normalized spacial score (nSPS) is 22.9. The van der Waals surface area contributed by atoms with Gasteiger partial charge in [-0.3, -0.25) is 14.5 Å². The van der Waals surface area contributed by atoms with Crippen LogP contribution < -0.4 is 10.6 Å². The van der Waals surface area contributed by atoms with Crippen LogP contribution in [0.4, 0.5) is 0 Å². The molecular formula is C23H24Cl3N3O2. The van der Waals surface area contributed by atoms with Crippen LogP contribution in [-0.4, -0.2) is 41.4 Å². The first-order chi connectivity index (χ1) is 14.9. The number of carbonyl (C=O) groups is 2. The van der Waals surface area contributed by atoms with Crippen LogP contribution in [0.3, 0.4) is 0 Å². The molecule has 0 unspecified atom stereocenters. The van der Waals surface area contributed by atoms with Crippen LogP contribution >= 0.6 is 34.8 Å². The highest BCUT2D eigenvalue weighted by atomic mass is 35.5. The van der Waals surface area contributed by atoms with E-state index in [2.05, 4.69) is 15.5 Å². The standard InChI is InChI=1S/C23H24Cl3N3O2/c24-16-3-1-2-14(8-16)23(31)27-12-22(30)28-18-10-19-6-7-20(11-18)29(19)13-15-4-5-17(25)9-21(15)26/h1-5,8-9,18-20H,6-7,10-13H2,(H,27,31)(H,28,30)/t19-,20-/m1/s1. The lowest BCUT2D eigenvalue weighted by molar-refractivity contribution is -0.121. The molecule has 2 amide bonds. The van der Waals surface area contributed by atoms with Gasteiger partial charge in [-0.25, -0.2) is 0 Å². The van der Waals surface area contributed by atoms with Crippen molar-refractivity contribution in [1.29, 1.82) is 0 Å². The summed E-state index contributed by atoms with van der Waals surface area (Å²) in [6.45, 7) is 0.739. The van der Waals surface area contributed by atoms with E-state index in [1.807, 2.05) is 12.1 Å². The van der Waals surface area contributed by atoms with Crippen LogP contribution in [0.25, 0.3) is 0 Å². The number of halogens is 3. The summed E-state index contributed by atoms with van der Waals surface area (Å²) < 4.78 is 0. The summed E-state index contributed by atoms with van der Waals surface area (Å²) in [4.78, 5) is 27.1. The third kappa shape index (κ3) is 5.53. The molecule has 164 valence electrons. The minimum atomic E-state index is -0.313. The van der Waals surface area contributed by atoms with Crippen molar-refractivity contribution in [2.24, 2.45) is 0 Å². The number of nitrogens with zero attached hydrogens (tertiary/aromatic N) is 1. The largest absolute Gasteiger partial charge is 0.352 e. The van der Waals surface area contributed by atoms with Gasteiger partial charge in [-0.1, -0.05) is 46.9 Å². The number of amides is 2. The Bertz CT molecular complexity index is 970. The Hall–Kier alpha value is -1.79. The molecule has 5 nitrogen and oxygen atoms in total. The lowest BCUT2D eigenvalue weighted by atomic mass is 9.96. The molecule has 2 N–H and O–H groups in total. The molecule has 2 atom stereocenters. The SMILES string of the molecule is O=C(CNC(=O)c1cccc(Cl)c1)NC1C[C@H]2CC[C@H](C1)N2Cc1ccc(Cl)cc1Cl. The summed E-state index contributed by atoms with van der Waals surface area (Å²) in [5.74, 6) is -0.485. The number of carbonyl (C=O) groups excluding carboxylic acids is 2. The Morgan fingerprint density at radius 3 is 2.35 bits per heavy atom. The maximum absolute atomic E-state index is 12.4. The zero-order chi connectivity index (χ0) is 22.0. The van der Waals surface area contributed by atoms with E-state index in [0.717, 1.165) is 37.8 Å². The Balaban J connectivity index is 1.28. The molecule has 31 heavy (non-hydrogen) atoms. The van der Waals surface area contributed by atoms with Crippen molar-refractivity contribution in [1.82, 2.24) is 15.5 Å². The number of nitrogens with one attached hydrogen (secondary N) is 2. The van der Waals surface area contributed by atoms with Crippen LogP contribution in [0.2, 0.25) is 15.1 Å². The summed E-state index contributed by atoms with van der Waals surface area (Å²) in [5.41, 5.74) is 1.52. The molecule has 2 bridgehead atoms.